The molecule has 0 spiro atoms. The third-order valence-electron chi connectivity index (χ3n) is 2.41. The molecular weight excluding hydrogens is 298 g/mol. The maximum atomic E-state index is 11.4. The Bertz CT molecular complexity index is 638. The molecule has 104 valence electrons. The second kappa shape index (κ2) is 6.49. The number of ether oxygens (including phenoxy) is 1. The molecule has 0 saturated heterocycles. The molecule has 0 aliphatic carbocycles. The van der Waals surface area contributed by atoms with E-state index in [1.54, 1.807) is 25.3 Å². The molecule has 1 N–H and O–H groups in total. The van der Waals surface area contributed by atoms with Crippen LogP contribution in [-0.4, -0.2) is 24.3 Å². The van der Waals surface area contributed by atoms with Gasteiger partial charge in [0.1, 0.15) is 4.88 Å². The fourth-order valence-corrected chi connectivity index (χ4v) is 2.40. The van der Waals surface area contributed by atoms with E-state index in [0.717, 1.165) is 5.56 Å². The summed E-state index contributed by atoms with van der Waals surface area (Å²) < 4.78 is 4.67. The number of carbonyl (C=O) groups excluding carboxylic acids is 1. The molecule has 0 aliphatic rings. The van der Waals surface area contributed by atoms with Gasteiger partial charge in [-0.15, -0.1) is 0 Å². The summed E-state index contributed by atoms with van der Waals surface area (Å²) in [5, 5.41) is 5.27. The number of rotatable bonds is 4. The highest BCUT2D eigenvalue weighted by Crippen LogP contribution is 2.23. The SMILES string of the molecule is COC(=O)c1sc(N/N=C\c2ccc(Cl)cc2)nc1C. The number of esters is 1. The Balaban J connectivity index is 2.04. The third-order valence-corrected chi connectivity index (χ3v) is 3.71. The molecule has 0 unspecified atom stereocenters. The maximum absolute atomic E-state index is 11.4. The van der Waals surface area contributed by atoms with Crippen molar-refractivity contribution < 1.29 is 9.53 Å². The summed E-state index contributed by atoms with van der Waals surface area (Å²) in [4.78, 5) is 16.1. The summed E-state index contributed by atoms with van der Waals surface area (Å²) in [5.41, 5.74) is 4.31. The number of carbonyl (C=O) groups is 1. The van der Waals surface area contributed by atoms with Crippen LogP contribution in [0.4, 0.5) is 5.13 Å². The van der Waals surface area contributed by atoms with Crippen molar-refractivity contribution in [1.29, 1.82) is 0 Å². The molecule has 0 radical (unpaired) electrons. The lowest BCUT2D eigenvalue weighted by molar-refractivity contribution is 0.0605. The van der Waals surface area contributed by atoms with E-state index in [9.17, 15) is 4.79 Å². The van der Waals surface area contributed by atoms with Crippen LogP contribution in [-0.2, 0) is 4.74 Å². The Hall–Kier alpha value is -1.92. The summed E-state index contributed by atoms with van der Waals surface area (Å²) >= 11 is 6.99. The number of nitrogens with one attached hydrogen (secondary N) is 1. The Labute approximate surface area is 125 Å². The summed E-state index contributed by atoms with van der Waals surface area (Å²) in [6.07, 6.45) is 1.64. The van der Waals surface area contributed by atoms with Crippen LogP contribution < -0.4 is 5.43 Å². The molecule has 2 rings (SSSR count). The normalized spacial score (nSPS) is 10.8. The van der Waals surface area contributed by atoms with Gasteiger partial charge in [0.15, 0.2) is 0 Å². The Morgan fingerprint density at radius 3 is 2.80 bits per heavy atom. The topological polar surface area (TPSA) is 63.6 Å². The summed E-state index contributed by atoms with van der Waals surface area (Å²) in [6.45, 7) is 1.75. The van der Waals surface area contributed by atoms with Crippen LogP contribution >= 0.6 is 22.9 Å². The van der Waals surface area contributed by atoms with E-state index in [1.807, 2.05) is 12.1 Å². The molecule has 1 heterocycles. The molecule has 1 aromatic carbocycles. The Morgan fingerprint density at radius 1 is 1.45 bits per heavy atom. The van der Waals surface area contributed by atoms with Crippen molar-refractivity contribution >= 4 is 40.3 Å². The minimum absolute atomic E-state index is 0.394. The maximum Gasteiger partial charge on any atom is 0.350 e. The second-order valence-corrected chi connectivity index (χ2v) is 5.28. The Kier molecular flexibility index (Phi) is 4.70. The van der Waals surface area contributed by atoms with Crippen LogP contribution in [0.5, 0.6) is 0 Å². The van der Waals surface area contributed by atoms with E-state index in [-0.39, 0.29) is 0 Å². The first-order valence-corrected chi connectivity index (χ1v) is 6.90. The number of hydrogen-bond acceptors (Lipinski definition) is 6. The summed E-state index contributed by atoms with van der Waals surface area (Å²) in [7, 11) is 1.34. The van der Waals surface area contributed by atoms with Crippen LogP contribution in [0.1, 0.15) is 20.9 Å². The van der Waals surface area contributed by atoms with Gasteiger partial charge >= 0.3 is 5.97 Å². The molecule has 0 amide bonds. The smallest absolute Gasteiger partial charge is 0.350 e. The van der Waals surface area contributed by atoms with Gasteiger partial charge in [0.2, 0.25) is 5.13 Å². The number of benzene rings is 1. The highest BCUT2D eigenvalue weighted by molar-refractivity contribution is 7.17. The van der Waals surface area contributed by atoms with Gasteiger partial charge in [-0.2, -0.15) is 5.10 Å². The molecule has 7 heteroatoms. The zero-order chi connectivity index (χ0) is 14.5. The molecule has 2 aromatic rings. The van der Waals surface area contributed by atoms with Gasteiger partial charge in [0.05, 0.1) is 19.0 Å². The lowest BCUT2D eigenvalue weighted by Gasteiger charge is -1.94. The quantitative estimate of drug-likeness (QED) is 0.534. The average molecular weight is 310 g/mol. The number of methoxy groups -OCH3 is 1. The van der Waals surface area contributed by atoms with E-state index in [4.69, 9.17) is 11.6 Å². The monoisotopic (exact) mass is 309 g/mol. The fraction of sp³-hybridized carbons (Fsp3) is 0.154. The number of nitrogens with zero attached hydrogens (tertiary/aromatic N) is 2. The molecule has 0 fully saturated rings. The number of aryl methyl sites for hydroxylation is 1. The highest BCUT2D eigenvalue weighted by Gasteiger charge is 2.15. The van der Waals surface area contributed by atoms with Crippen molar-refractivity contribution in [1.82, 2.24) is 4.98 Å². The van der Waals surface area contributed by atoms with E-state index >= 15 is 0 Å². The predicted octanol–water partition coefficient (Wildman–Crippen LogP) is 3.34. The first-order valence-electron chi connectivity index (χ1n) is 5.70. The third kappa shape index (κ3) is 3.55. The number of halogens is 1. The van der Waals surface area contributed by atoms with E-state index < -0.39 is 5.97 Å². The Morgan fingerprint density at radius 2 is 2.15 bits per heavy atom. The van der Waals surface area contributed by atoms with Crippen LogP contribution in [0.2, 0.25) is 5.02 Å². The van der Waals surface area contributed by atoms with Crippen molar-refractivity contribution in [3.05, 3.63) is 45.4 Å². The standard InChI is InChI=1S/C13H12ClN3O2S/c1-8-11(12(18)19-2)20-13(16-8)17-15-7-9-3-5-10(14)6-4-9/h3-7H,1-2H3,(H,16,17)/b15-7-. The molecule has 0 saturated carbocycles. The zero-order valence-corrected chi connectivity index (χ0v) is 12.5. The summed E-state index contributed by atoms with van der Waals surface area (Å²) in [6, 6.07) is 7.26. The van der Waals surface area contributed by atoms with E-state index in [0.29, 0.717) is 20.7 Å². The van der Waals surface area contributed by atoms with Crippen molar-refractivity contribution in [2.24, 2.45) is 5.10 Å². The molecule has 5 nitrogen and oxygen atoms in total. The molecule has 1 aromatic heterocycles. The van der Waals surface area contributed by atoms with Gasteiger partial charge in [0.25, 0.3) is 0 Å². The van der Waals surface area contributed by atoms with Gasteiger partial charge in [-0.1, -0.05) is 35.1 Å². The van der Waals surface area contributed by atoms with Crippen molar-refractivity contribution in [3.63, 3.8) is 0 Å². The van der Waals surface area contributed by atoms with E-state index in [1.165, 1.54) is 18.4 Å². The molecule has 0 bridgehead atoms. The summed E-state index contributed by atoms with van der Waals surface area (Å²) in [5.74, 6) is -0.394. The van der Waals surface area contributed by atoms with E-state index in [2.05, 4.69) is 20.2 Å². The molecule has 0 aliphatic heterocycles. The largest absolute Gasteiger partial charge is 0.465 e. The van der Waals surface area contributed by atoms with Gasteiger partial charge in [-0.25, -0.2) is 9.78 Å². The van der Waals surface area contributed by atoms with Gasteiger partial charge in [0, 0.05) is 5.02 Å². The van der Waals surface area contributed by atoms with Gasteiger partial charge < -0.3 is 4.74 Å². The van der Waals surface area contributed by atoms with Gasteiger partial charge in [-0.05, 0) is 24.6 Å². The number of hydrogen-bond donors (Lipinski definition) is 1. The zero-order valence-electron chi connectivity index (χ0n) is 10.9. The highest BCUT2D eigenvalue weighted by atomic mass is 35.5. The minimum Gasteiger partial charge on any atom is -0.465 e. The number of hydrazone groups is 1. The lowest BCUT2D eigenvalue weighted by atomic mass is 10.2. The predicted molar refractivity (Wildman–Crippen MR) is 80.9 cm³/mol. The molecule has 20 heavy (non-hydrogen) atoms. The van der Waals surface area contributed by atoms with Gasteiger partial charge in [-0.3, -0.25) is 5.43 Å². The molecular formula is C13H12ClN3O2S. The molecule has 0 atom stereocenters. The van der Waals surface area contributed by atoms with Crippen molar-refractivity contribution in [2.45, 2.75) is 6.92 Å². The van der Waals surface area contributed by atoms with Crippen molar-refractivity contribution in [3.8, 4) is 0 Å². The minimum atomic E-state index is -0.394. The van der Waals surface area contributed by atoms with Crippen LogP contribution in [0.25, 0.3) is 0 Å². The first-order chi connectivity index (χ1) is 9.60. The second-order valence-electron chi connectivity index (χ2n) is 3.85. The van der Waals surface area contributed by atoms with Crippen LogP contribution in [0.3, 0.4) is 0 Å². The lowest BCUT2D eigenvalue weighted by Crippen LogP contribution is -1.99. The van der Waals surface area contributed by atoms with Crippen molar-refractivity contribution in [2.75, 3.05) is 12.5 Å². The number of aromatic nitrogens is 1. The van der Waals surface area contributed by atoms with Crippen LogP contribution in [0.15, 0.2) is 29.4 Å². The average Bonchev–Trinajstić information content (AvgIpc) is 2.81. The fourth-order valence-electron chi connectivity index (χ4n) is 1.44. The number of anilines is 1. The first kappa shape index (κ1) is 14.5. The van der Waals surface area contributed by atoms with Crippen LogP contribution in [0, 0.1) is 6.92 Å². The number of thiazole rings is 1.